The highest BCUT2D eigenvalue weighted by molar-refractivity contribution is 7.11. The summed E-state index contributed by atoms with van der Waals surface area (Å²) in [5.41, 5.74) is -0.280. The van der Waals surface area contributed by atoms with E-state index in [1.807, 2.05) is 31.4 Å². The van der Waals surface area contributed by atoms with Crippen LogP contribution in [0.25, 0.3) is 12.2 Å². The second kappa shape index (κ2) is 8.99. The van der Waals surface area contributed by atoms with Crippen LogP contribution in [0.3, 0.4) is 0 Å². The van der Waals surface area contributed by atoms with Gasteiger partial charge in [-0.1, -0.05) is 6.07 Å². The summed E-state index contributed by atoms with van der Waals surface area (Å²) >= 11 is 2.71. The fourth-order valence-corrected chi connectivity index (χ4v) is 4.47. The number of Topliss-reactive ketones (excluding diaryl/α,β-unsaturated/α-hetero) is 1. The van der Waals surface area contributed by atoms with Crippen molar-refractivity contribution in [2.24, 2.45) is 0 Å². The van der Waals surface area contributed by atoms with Gasteiger partial charge in [0.05, 0.1) is 10.8 Å². The van der Waals surface area contributed by atoms with Crippen LogP contribution >= 0.6 is 22.7 Å². The zero-order valence-electron chi connectivity index (χ0n) is 15.6. The highest BCUT2D eigenvalue weighted by Gasteiger charge is 2.15. The van der Waals surface area contributed by atoms with Crippen molar-refractivity contribution in [1.82, 2.24) is 9.47 Å². The topological polar surface area (TPSA) is 72.5 Å². The predicted molar refractivity (Wildman–Crippen MR) is 111 cm³/mol. The van der Waals surface area contributed by atoms with Gasteiger partial charge in [0.15, 0.2) is 5.76 Å². The molecule has 3 aromatic heterocycles. The molecule has 0 aliphatic rings. The van der Waals surface area contributed by atoms with E-state index in [-0.39, 0.29) is 29.6 Å². The zero-order chi connectivity index (χ0) is 20.1. The average Bonchev–Trinajstić information content (AvgIpc) is 3.43. The standard InChI is InChI=1S/C20H20N2O4S2/c1-3-21(4-2)18(24)13-22-19(12-15(23)16-8-5-9-26-16)28-17(20(22)25)11-14-7-6-10-27-14/h5-12H,3-4,13H2,1-2H3/b17-11+,19-12-. The number of nitrogens with zero attached hydrogens (tertiary/aromatic N) is 2. The molecule has 146 valence electrons. The molecule has 0 atom stereocenters. The molecule has 0 aromatic carbocycles. The Morgan fingerprint density at radius 1 is 1.21 bits per heavy atom. The minimum atomic E-state index is -0.349. The van der Waals surface area contributed by atoms with Gasteiger partial charge in [0, 0.05) is 24.0 Å². The normalized spacial score (nSPS) is 12.5. The summed E-state index contributed by atoms with van der Waals surface area (Å²) in [4.78, 5) is 40.5. The SMILES string of the molecule is CCN(CC)C(=O)Cn1c(=O)/c(=C\c2cccs2)s/c1=C\C(=O)c1ccco1. The molecule has 28 heavy (non-hydrogen) atoms. The minimum Gasteiger partial charge on any atom is -0.461 e. The van der Waals surface area contributed by atoms with E-state index >= 15 is 0 Å². The van der Waals surface area contributed by atoms with Crippen LogP contribution in [0.5, 0.6) is 0 Å². The first kappa shape index (κ1) is 20.0. The molecule has 8 heteroatoms. The summed E-state index contributed by atoms with van der Waals surface area (Å²) in [5.74, 6) is -0.322. The largest absolute Gasteiger partial charge is 0.461 e. The number of hydrogen-bond acceptors (Lipinski definition) is 6. The highest BCUT2D eigenvalue weighted by atomic mass is 32.1. The summed E-state index contributed by atoms with van der Waals surface area (Å²) in [5, 5.41) is 1.93. The summed E-state index contributed by atoms with van der Waals surface area (Å²) < 4.78 is 7.41. The Labute approximate surface area is 169 Å². The van der Waals surface area contributed by atoms with E-state index in [0.717, 1.165) is 4.88 Å². The number of carbonyl (C=O) groups excluding carboxylic acids is 2. The van der Waals surface area contributed by atoms with Crippen LogP contribution in [-0.2, 0) is 11.3 Å². The molecular formula is C20H20N2O4S2. The molecule has 1 amide bonds. The van der Waals surface area contributed by atoms with Crippen LogP contribution in [0.1, 0.15) is 29.3 Å². The fraction of sp³-hybridized carbons (Fsp3) is 0.250. The zero-order valence-corrected chi connectivity index (χ0v) is 17.2. The van der Waals surface area contributed by atoms with Crippen LogP contribution in [-0.4, -0.2) is 34.2 Å². The highest BCUT2D eigenvalue weighted by Crippen LogP contribution is 2.08. The molecule has 0 fully saturated rings. The van der Waals surface area contributed by atoms with Gasteiger partial charge in [0.2, 0.25) is 11.7 Å². The monoisotopic (exact) mass is 416 g/mol. The summed E-state index contributed by atoms with van der Waals surface area (Å²) in [6.45, 7) is 4.80. The van der Waals surface area contributed by atoms with Crippen LogP contribution in [0.4, 0.5) is 0 Å². The lowest BCUT2D eigenvalue weighted by Gasteiger charge is -2.18. The van der Waals surface area contributed by atoms with E-state index in [2.05, 4.69) is 0 Å². The minimum absolute atomic E-state index is 0.105. The van der Waals surface area contributed by atoms with Gasteiger partial charge in [-0.25, -0.2) is 0 Å². The Hall–Kier alpha value is -2.71. The first-order chi connectivity index (χ1) is 13.5. The molecule has 0 bridgehead atoms. The van der Waals surface area contributed by atoms with Gasteiger partial charge in [0.25, 0.3) is 5.56 Å². The number of thiazole rings is 1. The van der Waals surface area contributed by atoms with E-state index in [0.29, 0.717) is 22.3 Å². The molecule has 3 rings (SSSR count). The lowest BCUT2D eigenvalue weighted by atomic mass is 10.3. The summed E-state index contributed by atoms with van der Waals surface area (Å²) in [6, 6.07) is 7.00. The van der Waals surface area contributed by atoms with Crippen molar-refractivity contribution in [3.63, 3.8) is 0 Å². The van der Waals surface area contributed by atoms with Gasteiger partial charge in [-0.2, -0.15) is 0 Å². The van der Waals surface area contributed by atoms with E-state index in [1.165, 1.54) is 39.6 Å². The van der Waals surface area contributed by atoms with Gasteiger partial charge < -0.3 is 9.32 Å². The molecule has 6 nitrogen and oxygen atoms in total. The quantitative estimate of drug-likeness (QED) is 0.552. The molecule has 0 saturated heterocycles. The third-order valence-electron chi connectivity index (χ3n) is 4.18. The number of likely N-dealkylation sites (N-methyl/N-ethyl adjacent to an activating group) is 1. The van der Waals surface area contributed by atoms with Crippen LogP contribution in [0.15, 0.2) is 45.1 Å². The predicted octanol–water partition coefficient (Wildman–Crippen LogP) is 1.92. The van der Waals surface area contributed by atoms with Crippen molar-refractivity contribution in [3.8, 4) is 0 Å². The van der Waals surface area contributed by atoms with Crippen molar-refractivity contribution < 1.29 is 14.0 Å². The van der Waals surface area contributed by atoms with Gasteiger partial charge in [-0.3, -0.25) is 19.0 Å². The lowest BCUT2D eigenvalue weighted by Crippen LogP contribution is -2.40. The molecular weight excluding hydrogens is 396 g/mol. The van der Waals surface area contributed by atoms with E-state index in [1.54, 1.807) is 23.1 Å². The molecule has 0 spiro atoms. The Morgan fingerprint density at radius 3 is 2.61 bits per heavy atom. The number of furan rings is 1. The second-order valence-corrected chi connectivity index (χ2v) is 7.95. The summed E-state index contributed by atoms with van der Waals surface area (Å²) in [7, 11) is 0. The molecule has 0 aliphatic carbocycles. The molecule has 0 saturated carbocycles. The van der Waals surface area contributed by atoms with Crippen LogP contribution < -0.4 is 14.8 Å². The van der Waals surface area contributed by atoms with Crippen molar-refractivity contribution >= 4 is 46.5 Å². The Morgan fingerprint density at radius 2 is 2.00 bits per heavy atom. The maximum Gasteiger partial charge on any atom is 0.269 e. The second-order valence-electron chi connectivity index (χ2n) is 5.91. The number of ketones is 1. The van der Waals surface area contributed by atoms with Crippen LogP contribution in [0.2, 0.25) is 0 Å². The van der Waals surface area contributed by atoms with Gasteiger partial charge in [-0.15, -0.1) is 22.7 Å². The molecule has 0 aliphatic heterocycles. The van der Waals surface area contributed by atoms with Crippen molar-refractivity contribution in [3.05, 3.63) is 66.1 Å². The third kappa shape index (κ3) is 4.40. The number of hydrogen-bond donors (Lipinski definition) is 0. The van der Waals surface area contributed by atoms with Crippen molar-refractivity contribution in [2.75, 3.05) is 13.1 Å². The molecule has 3 heterocycles. The van der Waals surface area contributed by atoms with Crippen molar-refractivity contribution in [1.29, 1.82) is 0 Å². The maximum atomic E-state index is 12.9. The number of carbonyl (C=O) groups is 2. The fourth-order valence-electron chi connectivity index (χ4n) is 2.71. The van der Waals surface area contributed by atoms with Gasteiger partial charge in [-0.05, 0) is 43.5 Å². The van der Waals surface area contributed by atoms with Crippen molar-refractivity contribution in [2.45, 2.75) is 20.4 Å². The Bertz CT molecular complexity index is 1120. The number of amides is 1. The lowest BCUT2D eigenvalue weighted by molar-refractivity contribution is -0.131. The number of thiophene rings is 1. The van der Waals surface area contributed by atoms with E-state index in [4.69, 9.17) is 4.42 Å². The molecule has 3 aromatic rings. The van der Waals surface area contributed by atoms with Gasteiger partial charge in [0.1, 0.15) is 11.2 Å². The smallest absolute Gasteiger partial charge is 0.269 e. The molecule has 0 radical (unpaired) electrons. The number of rotatable bonds is 7. The molecule has 0 unspecified atom stereocenters. The Kier molecular flexibility index (Phi) is 6.43. The van der Waals surface area contributed by atoms with E-state index in [9.17, 15) is 14.4 Å². The van der Waals surface area contributed by atoms with Gasteiger partial charge >= 0.3 is 0 Å². The number of aromatic nitrogens is 1. The molecule has 0 N–H and O–H groups in total. The average molecular weight is 417 g/mol. The maximum absolute atomic E-state index is 12.9. The van der Waals surface area contributed by atoms with Crippen LogP contribution in [0, 0.1) is 0 Å². The Balaban J connectivity index is 2.10. The summed E-state index contributed by atoms with van der Waals surface area (Å²) in [6.07, 6.45) is 4.55. The third-order valence-corrected chi connectivity index (χ3v) is 6.06. The van der Waals surface area contributed by atoms with E-state index < -0.39 is 0 Å². The first-order valence-electron chi connectivity index (χ1n) is 8.85. The first-order valence-corrected chi connectivity index (χ1v) is 10.5.